The second-order valence-electron chi connectivity index (χ2n) is 5.21. The van der Waals surface area contributed by atoms with Gasteiger partial charge in [0.2, 0.25) is 5.91 Å². The van der Waals surface area contributed by atoms with Crippen molar-refractivity contribution in [2.45, 2.75) is 32.7 Å². The molecule has 1 amide bonds. The van der Waals surface area contributed by atoms with Gasteiger partial charge >= 0.3 is 0 Å². The molecule has 0 unspecified atom stereocenters. The minimum atomic E-state index is 0.152. The molecule has 1 aromatic rings. The molecule has 18 heavy (non-hydrogen) atoms. The van der Waals surface area contributed by atoms with Gasteiger partial charge in [-0.3, -0.25) is 4.79 Å². The highest BCUT2D eigenvalue weighted by Crippen LogP contribution is 2.26. The van der Waals surface area contributed by atoms with Crippen LogP contribution in [-0.4, -0.2) is 37.0 Å². The van der Waals surface area contributed by atoms with Crippen molar-refractivity contribution in [3.8, 4) is 0 Å². The quantitative estimate of drug-likeness (QED) is 0.800. The first-order valence-corrected chi connectivity index (χ1v) is 6.63. The van der Waals surface area contributed by atoms with E-state index in [1.54, 1.807) is 6.92 Å². The lowest BCUT2D eigenvalue weighted by Gasteiger charge is -2.37. The molecule has 3 heteroatoms. The van der Waals surface area contributed by atoms with Crippen molar-refractivity contribution in [1.82, 2.24) is 4.90 Å². The number of anilines is 1. The Balaban J connectivity index is 2.24. The van der Waals surface area contributed by atoms with E-state index in [1.807, 2.05) is 17.0 Å². The van der Waals surface area contributed by atoms with Gasteiger partial charge in [-0.25, -0.2) is 0 Å². The van der Waals surface area contributed by atoms with E-state index in [0.29, 0.717) is 6.04 Å². The minimum Gasteiger partial charge on any atom is -0.309 e. The summed E-state index contributed by atoms with van der Waals surface area (Å²) < 4.78 is 0. The molecular weight excluding hydrogens is 224 g/mol. The summed E-state index contributed by atoms with van der Waals surface area (Å²) in [5.41, 5.74) is 2.24. The molecular formula is C15H22N2O. The van der Waals surface area contributed by atoms with E-state index in [9.17, 15) is 4.79 Å². The normalized spacial score (nSPS) is 17.7. The highest BCUT2D eigenvalue weighted by molar-refractivity contribution is 5.92. The fourth-order valence-corrected chi connectivity index (χ4v) is 2.71. The van der Waals surface area contributed by atoms with Gasteiger partial charge in [-0.15, -0.1) is 0 Å². The summed E-state index contributed by atoms with van der Waals surface area (Å²) in [6.07, 6.45) is 2.12. The van der Waals surface area contributed by atoms with Gasteiger partial charge < -0.3 is 9.80 Å². The standard InChI is InChI=1S/C15H22N2O/c1-12-6-4-5-7-15(12)17(13(2)18)14-8-10-16(3)11-9-14/h4-7,14H,8-11H2,1-3H3. The molecule has 1 fully saturated rings. The smallest absolute Gasteiger partial charge is 0.224 e. The molecule has 0 aromatic heterocycles. The predicted octanol–water partition coefficient (Wildman–Crippen LogP) is 2.44. The van der Waals surface area contributed by atoms with Crippen LogP contribution in [0.4, 0.5) is 5.69 Å². The van der Waals surface area contributed by atoms with Crippen molar-refractivity contribution in [3.63, 3.8) is 0 Å². The van der Waals surface area contributed by atoms with Gasteiger partial charge in [-0.05, 0) is 51.5 Å². The van der Waals surface area contributed by atoms with Crippen LogP contribution in [0.3, 0.4) is 0 Å². The third-order valence-corrected chi connectivity index (χ3v) is 3.77. The molecule has 0 aliphatic carbocycles. The van der Waals surface area contributed by atoms with Crippen molar-refractivity contribution >= 4 is 11.6 Å². The van der Waals surface area contributed by atoms with Crippen molar-refractivity contribution in [1.29, 1.82) is 0 Å². The van der Waals surface area contributed by atoms with Crippen molar-refractivity contribution in [2.75, 3.05) is 25.0 Å². The first kappa shape index (κ1) is 13.1. The Kier molecular flexibility index (Phi) is 4.02. The zero-order valence-electron chi connectivity index (χ0n) is 11.5. The maximum absolute atomic E-state index is 12.0. The van der Waals surface area contributed by atoms with Gasteiger partial charge in [-0.1, -0.05) is 18.2 Å². The molecule has 0 atom stereocenters. The first-order valence-electron chi connectivity index (χ1n) is 6.63. The number of piperidine rings is 1. The van der Waals surface area contributed by atoms with E-state index in [2.05, 4.69) is 31.0 Å². The van der Waals surface area contributed by atoms with Crippen LogP contribution in [0.5, 0.6) is 0 Å². The van der Waals surface area contributed by atoms with E-state index in [4.69, 9.17) is 0 Å². The van der Waals surface area contributed by atoms with E-state index >= 15 is 0 Å². The zero-order chi connectivity index (χ0) is 13.1. The molecule has 1 heterocycles. The van der Waals surface area contributed by atoms with Crippen molar-refractivity contribution in [3.05, 3.63) is 29.8 Å². The van der Waals surface area contributed by atoms with Crippen LogP contribution < -0.4 is 4.90 Å². The number of para-hydroxylation sites is 1. The van der Waals surface area contributed by atoms with Gasteiger partial charge in [0, 0.05) is 18.7 Å². The van der Waals surface area contributed by atoms with Gasteiger partial charge in [0.1, 0.15) is 0 Å². The molecule has 0 spiro atoms. The second-order valence-corrected chi connectivity index (χ2v) is 5.21. The maximum atomic E-state index is 12.0. The number of hydrogen-bond donors (Lipinski definition) is 0. The van der Waals surface area contributed by atoms with Gasteiger partial charge in [-0.2, -0.15) is 0 Å². The molecule has 0 N–H and O–H groups in total. The molecule has 1 aliphatic heterocycles. The third kappa shape index (κ3) is 2.72. The first-order chi connectivity index (χ1) is 8.59. The van der Waals surface area contributed by atoms with Crippen molar-refractivity contribution < 1.29 is 4.79 Å². The number of aryl methyl sites for hydroxylation is 1. The largest absolute Gasteiger partial charge is 0.309 e. The fraction of sp³-hybridized carbons (Fsp3) is 0.533. The van der Waals surface area contributed by atoms with Gasteiger partial charge in [0.25, 0.3) is 0 Å². The van der Waals surface area contributed by atoms with Crippen LogP contribution in [0.1, 0.15) is 25.3 Å². The summed E-state index contributed by atoms with van der Waals surface area (Å²) in [5.74, 6) is 0.152. The lowest BCUT2D eigenvalue weighted by atomic mass is 10.0. The van der Waals surface area contributed by atoms with E-state index in [-0.39, 0.29) is 5.91 Å². The molecule has 98 valence electrons. The SMILES string of the molecule is CC(=O)N(c1ccccc1C)C1CCN(C)CC1. The van der Waals surface area contributed by atoms with E-state index in [1.165, 1.54) is 5.56 Å². The number of rotatable bonds is 2. The van der Waals surface area contributed by atoms with Gasteiger partial charge in [0.05, 0.1) is 0 Å². The Morgan fingerprint density at radius 2 is 1.89 bits per heavy atom. The number of hydrogen-bond acceptors (Lipinski definition) is 2. The zero-order valence-corrected chi connectivity index (χ0v) is 11.5. The number of nitrogens with zero attached hydrogens (tertiary/aromatic N) is 2. The van der Waals surface area contributed by atoms with Gasteiger partial charge in [0.15, 0.2) is 0 Å². The highest BCUT2D eigenvalue weighted by Gasteiger charge is 2.26. The Labute approximate surface area is 109 Å². The molecule has 0 radical (unpaired) electrons. The number of amides is 1. The van der Waals surface area contributed by atoms with Crippen LogP contribution in [0.2, 0.25) is 0 Å². The number of likely N-dealkylation sites (tertiary alicyclic amines) is 1. The molecule has 1 saturated heterocycles. The van der Waals surface area contributed by atoms with Crippen LogP contribution >= 0.6 is 0 Å². The minimum absolute atomic E-state index is 0.152. The maximum Gasteiger partial charge on any atom is 0.224 e. The lowest BCUT2D eigenvalue weighted by molar-refractivity contribution is -0.117. The average Bonchev–Trinajstić information content (AvgIpc) is 2.34. The summed E-state index contributed by atoms with van der Waals surface area (Å²) in [7, 11) is 2.14. The molecule has 2 rings (SSSR count). The number of carbonyl (C=O) groups excluding carboxylic acids is 1. The Hall–Kier alpha value is -1.35. The van der Waals surface area contributed by atoms with E-state index in [0.717, 1.165) is 31.6 Å². The van der Waals surface area contributed by atoms with E-state index < -0.39 is 0 Å². The second kappa shape index (κ2) is 5.53. The van der Waals surface area contributed by atoms with Crippen LogP contribution in [-0.2, 0) is 4.79 Å². The summed E-state index contributed by atoms with van der Waals surface area (Å²) in [6, 6.07) is 8.49. The van der Waals surface area contributed by atoms with Crippen molar-refractivity contribution in [2.24, 2.45) is 0 Å². The Morgan fingerprint density at radius 3 is 2.44 bits per heavy atom. The summed E-state index contributed by atoms with van der Waals surface area (Å²) in [4.78, 5) is 16.3. The molecule has 0 saturated carbocycles. The highest BCUT2D eigenvalue weighted by atomic mass is 16.2. The summed E-state index contributed by atoms with van der Waals surface area (Å²) in [6.45, 7) is 5.88. The average molecular weight is 246 g/mol. The summed E-state index contributed by atoms with van der Waals surface area (Å²) in [5, 5.41) is 0. The molecule has 1 aliphatic rings. The Bertz CT molecular complexity index is 422. The fourth-order valence-electron chi connectivity index (χ4n) is 2.71. The monoisotopic (exact) mass is 246 g/mol. The predicted molar refractivity (Wildman–Crippen MR) is 74.9 cm³/mol. The Morgan fingerprint density at radius 1 is 1.28 bits per heavy atom. The summed E-state index contributed by atoms with van der Waals surface area (Å²) >= 11 is 0. The topological polar surface area (TPSA) is 23.6 Å². The molecule has 1 aromatic carbocycles. The molecule has 3 nitrogen and oxygen atoms in total. The number of benzene rings is 1. The third-order valence-electron chi connectivity index (χ3n) is 3.77. The number of carbonyl (C=O) groups is 1. The lowest BCUT2D eigenvalue weighted by Crippen LogP contribution is -2.46. The van der Waals surface area contributed by atoms with Crippen LogP contribution in [0, 0.1) is 6.92 Å². The molecule has 0 bridgehead atoms. The van der Waals surface area contributed by atoms with Crippen LogP contribution in [0.25, 0.3) is 0 Å². The van der Waals surface area contributed by atoms with Crippen LogP contribution in [0.15, 0.2) is 24.3 Å².